The van der Waals surface area contributed by atoms with Crippen LogP contribution in [-0.4, -0.2) is 55.1 Å². The van der Waals surface area contributed by atoms with Crippen molar-refractivity contribution in [3.63, 3.8) is 0 Å². The molecule has 2 saturated heterocycles. The third kappa shape index (κ3) is 2.92. The number of hydrogen-bond acceptors (Lipinski definition) is 4. The van der Waals surface area contributed by atoms with Crippen molar-refractivity contribution in [2.75, 3.05) is 26.8 Å². The van der Waals surface area contributed by atoms with Crippen molar-refractivity contribution in [1.29, 1.82) is 0 Å². The maximum Gasteiger partial charge on any atom is 0.322 e. The van der Waals surface area contributed by atoms with Crippen LogP contribution in [0.4, 0.5) is 4.79 Å². The highest BCUT2D eigenvalue weighted by molar-refractivity contribution is 6.07. The van der Waals surface area contributed by atoms with E-state index in [1.807, 2.05) is 6.92 Å². The molecule has 0 bridgehead atoms. The smallest absolute Gasteiger partial charge is 0.322 e. The van der Waals surface area contributed by atoms with Crippen LogP contribution >= 0.6 is 0 Å². The predicted molar refractivity (Wildman–Crippen MR) is 70.9 cm³/mol. The number of urea groups is 1. The van der Waals surface area contributed by atoms with Crippen molar-refractivity contribution >= 4 is 17.8 Å². The predicted octanol–water partition coefficient (Wildman–Crippen LogP) is -0.140. The van der Waals surface area contributed by atoms with Gasteiger partial charge in [0, 0.05) is 33.2 Å². The molecule has 4 amide bonds. The quantitative estimate of drug-likeness (QED) is 0.703. The molecule has 0 aromatic carbocycles. The number of carbonyl (C=O) groups excluding carboxylic acids is 3. The largest absolute Gasteiger partial charge is 0.384 e. The summed E-state index contributed by atoms with van der Waals surface area (Å²) < 4.78 is 5.02. The zero-order chi connectivity index (χ0) is 14.8. The molecule has 0 saturated carbocycles. The molecule has 2 fully saturated rings. The van der Waals surface area contributed by atoms with Gasteiger partial charge in [0.05, 0.1) is 0 Å². The highest BCUT2D eigenvalue weighted by atomic mass is 16.5. The summed E-state index contributed by atoms with van der Waals surface area (Å²) in [5, 5.41) is 4.94. The molecule has 2 aliphatic heterocycles. The summed E-state index contributed by atoms with van der Waals surface area (Å²) in [6, 6.07) is -0.441. The Morgan fingerprint density at radius 2 is 2.05 bits per heavy atom. The van der Waals surface area contributed by atoms with Crippen molar-refractivity contribution in [2.45, 2.75) is 31.7 Å². The van der Waals surface area contributed by atoms with Crippen LogP contribution < -0.4 is 10.6 Å². The Balaban J connectivity index is 1.86. The molecule has 2 N–H and O–H groups in total. The van der Waals surface area contributed by atoms with Crippen LogP contribution in [0.25, 0.3) is 0 Å². The van der Waals surface area contributed by atoms with Crippen molar-refractivity contribution in [3.8, 4) is 0 Å². The third-order valence-electron chi connectivity index (χ3n) is 3.96. The van der Waals surface area contributed by atoms with Gasteiger partial charge < -0.3 is 15.0 Å². The van der Waals surface area contributed by atoms with Crippen LogP contribution in [0.3, 0.4) is 0 Å². The molecule has 2 rings (SSSR count). The normalized spacial score (nSPS) is 22.6. The van der Waals surface area contributed by atoms with Gasteiger partial charge in [0.25, 0.3) is 5.91 Å². The summed E-state index contributed by atoms with van der Waals surface area (Å²) in [4.78, 5) is 36.9. The van der Waals surface area contributed by atoms with Gasteiger partial charge in [0.2, 0.25) is 5.91 Å². The van der Waals surface area contributed by atoms with Crippen molar-refractivity contribution in [1.82, 2.24) is 15.5 Å². The molecule has 2 heterocycles. The lowest BCUT2D eigenvalue weighted by Gasteiger charge is -2.37. The number of imide groups is 1. The first-order valence-electron chi connectivity index (χ1n) is 6.87. The summed E-state index contributed by atoms with van der Waals surface area (Å²) in [7, 11) is 1.62. The van der Waals surface area contributed by atoms with Crippen molar-refractivity contribution < 1.29 is 19.1 Å². The maximum atomic E-state index is 12.1. The Bertz CT molecular complexity index is 416. The molecule has 7 heteroatoms. The zero-order valence-corrected chi connectivity index (χ0v) is 11.9. The fourth-order valence-electron chi connectivity index (χ4n) is 2.79. The second-order valence-corrected chi connectivity index (χ2v) is 5.64. The van der Waals surface area contributed by atoms with Gasteiger partial charge in [-0.25, -0.2) is 4.79 Å². The first-order valence-corrected chi connectivity index (χ1v) is 6.87. The molecule has 0 radical (unpaired) electrons. The van der Waals surface area contributed by atoms with Gasteiger partial charge in [0.15, 0.2) is 0 Å². The molecule has 1 unspecified atom stereocenters. The van der Waals surface area contributed by atoms with Crippen LogP contribution in [0.2, 0.25) is 0 Å². The van der Waals surface area contributed by atoms with Gasteiger partial charge in [-0.2, -0.15) is 0 Å². The number of nitrogens with zero attached hydrogens (tertiary/aromatic N) is 1. The number of piperidine rings is 1. The molecule has 20 heavy (non-hydrogen) atoms. The van der Waals surface area contributed by atoms with E-state index in [-0.39, 0.29) is 17.7 Å². The van der Waals surface area contributed by atoms with E-state index in [4.69, 9.17) is 4.74 Å². The number of amides is 4. The minimum absolute atomic E-state index is 0.0779. The molecule has 7 nitrogen and oxygen atoms in total. The van der Waals surface area contributed by atoms with Gasteiger partial charge in [-0.3, -0.25) is 14.9 Å². The van der Waals surface area contributed by atoms with Crippen molar-refractivity contribution in [3.05, 3.63) is 0 Å². The van der Waals surface area contributed by atoms with Crippen LogP contribution in [0, 0.1) is 5.92 Å². The summed E-state index contributed by atoms with van der Waals surface area (Å²) in [5.41, 5.74) is -0.813. The van der Waals surface area contributed by atoms with Crippen molar-refractivity contribution in [2.24, 2.45) is 5.92 Å². The second-order valence-electron chi connectivity index (χ2n) is 5.64. The average Bonchev–Trinajstić information content (AvgIpc) is 2.65. The highest BCUT2D eigenvalue weighted by Crippen LogP contribution is 2.26. The van der Waals surface area contributed by atoms with Crippen LogP contribution in [0.5, 0.6) is 0 Å². The Morgan fingerprint density at radius 3 is 2.55 bits per heavy atom. The third-order valence-corrected chi connectivity index (χ3v) is 3.96. The van der Waals surface area contributed by atoms with Crippen LogP contribution in [0.15, 0.2) is 0 Å². The van der Waals surface area contributed by atoms with Gasteiger partial charge in [0.1, 0.15) is 5.54 Å². The number of nitrogens with one attached hydrogen (secondary N) is 2. The number of carbonyl (C=O) groups is 3. The molecule has 0 aromatic rings. The van der Waals surface area contributed by atoms with Gasteiger partial charge in [-0.05, 0) is 18.8 Å². The Kier molecular flexibility index (Phi) is 4.27. The second kappa shape index (κ2) is 5.78. The van der Waals surface area contributed by atoms with E-state index in [0.717, 1.165) is 0 Å². The Labute approximate surface area is 118 Å². The lowest BCUT2D eigenvalue weighted by Crippen LogP contribution is -2.55. The number of rotatable bonds is 4. The summed E-state index contributed by atoms with van der Waals surface area (Å²) in [6.45, 7) is 3.51. The summed E-state index contributed by atoms with van der Waals surface area (Å²) >= 11 is 0. The van der Waals surface area contributed by atoms with E-state index >= 15 is 0 Å². The average molecular weight is 283 g/mol. The first kappa shape index (κ1) is 14.8. The summed E-state index contributed by atoms with van der Waals surface area (Å²) in [6.07, 6.45) is 1.38. The fourth-order valence-corrected chi connectivity index (χ4v) is 2.79. The van der Waals surface area contributed by atoms with E-state index in [1.165, 1.54) is 0 Å². The minimum Gasteiger partial charge on any atom is -0.384 e. The fraction of sp³-hybridized carbons (Fsp3) is 0.769. The van der Waals surface area contributed by atoms with Crippen LogP contribution in [-0.2, 0) is 14.3 Å². The van der Waals surface area contributed by atoms with E-state index in [2.05, 4.69) is 10.6 Å². The lowest BCUT2D eigenvalue weighted by molar-refractivity contribution is -0.136. The molecule has 112 valence electrons. The molecule has 1 atom stereocenters. The molecule has 0 aromatic heterocycles. The lowest BCUT2D eigenvalue weighted by atomic mass is 9.87. The Hall–Kier alpha value is -1.63. The Morgan fingerprint density at radius 1 is 1.40 bits per heavy atom. The maximum absolute atomic E-state index is 12.1. The van der Waals surface area contributed by atoms with Gasteiger partial charge in [-0.15, -0.1) is 0 Å². The highest BCUT2D eigenvalue weighted by Gasteiger charge is 2.48. The number of ether oxygens (including phenoxy) is 1. The SMILES string of the molecule is COCC(C)CC(=O)N1CCC2(CC1)NC(=O)NC2=O. The molecular formula is C13H21N3O4. The van der Waals surface area contributed by atoms with Gasteiger partial charge in [-0.1, -0.05) is 6.92 Å². The van der Waals surface area contributed by atoms with E-state index in [9.17, 15) is 14.4 Å². The van der Waals surface area contributed by atoms with E-state index in [1.54, 1.807) is 12.0 Å². The molecule has 2 aliphatic rings. The molecular weight excluding hydrogens is 262 g/mol. The topological polar surface area (TPSA) is 87.7 Å². The number of methoxy groups -OCH3 is 1. The molecule has 0 aliphatic carbocycles. The standard InChI is InChI=1S/C13H21N3O4/c1-9(8-20-2)7-10(17)16-5-3-13(4-6-16)11(18)14-12(19)15-13/h9H,3-8H2,1-2H3,(H2,14,15,18,19). The van der Waals surface area contributed by atoms with E-state index in [0.29, 0.717) is 39.0 Å². The monoisotopic (exact) mass is 283 g/mol. The minimum atomic E-state index is -0.813. The number of likely N-dealkylation sites (tertiary alicyclic amines) is 1. The number of hydrogen-bond donors (Lipinski definition) is 2. The molecule has 1 spiro atoms. The van der Waals surface area contributed by atoms with E-state index < -0.39 is 11.6 Å². The van der Waals surface area contributed by atoms with Crippen LogP contribution in [0.1, 0.15) is 26.2 Å². The zero-order valence-electron chi connectivity index (χ0n) is 11.9. The van der Waals surface area contributed by atoms with Gasteiger partial charge >= 0.3 is 6.03 Å². The first-order chi connectivity index (χ1) is 9.47. The summed E-state index contributed by atoms with van der Waals surface area (Å²) in [5.74, 6) is -0.0191.